The number of nitrogens with zero attached hydrogens (tertiary/aromatic N) is 4. The summed E-state index contributed by atoms with van der Waals surface area (Å²) in [5, 5.41) is 10.4. The number of amides is 1. The number of nitrogens with two attached hydrogens (primary N) is 1. The molecule has 1 fully saturated rings. The highest BCUT2D eigenvalue weighted by Gasteiger charge is 2.26. The number of aliphatic hydroxyl groups excluding tert-OH is 1. The molecule has 35 heavy (non-hydrogen) atoms. The van der Waals surface area contributed by atoms with E-state index < -0.39 is 6.10 Å². The van der Waals surface area contributed by atoms with Gasteiger partial charge in [0.1, 0.15) is 11.6 Å². The molecule has 1 amide bonds. The van der Waals surface area contributed by atoms with Crippen LogP contribution in [0, 0.1) is 5.92 Å². The van der Waals surface area contributed by atoms with Gasteiger partial charge in [-0.3, -0.25) is 4.79 Å². The highest BCUT2D eigenvalue weighted by molar-refractivity contribution is 7.99. The van der Waals surface area contributed by atoms with E-state index in [0.717, 1.165) is 46.9 Å². The van der Waals surface area contributed by atoms with E-state index in [-0.39, 0.29) is 12.7 Å². The van der Waals surface area contributed by atoms with Crippen LogP contribution in [-0.4, -0.2) is 56.4 Å². The van der Waals surface area contributed by atoms with Crippen LogP contribution in [0.3, 0.4) is 0 Å². The number of hydrogen-bond donors (Lipinski definition) is 2. The summed E-state index contributed by atoms with van der Waals surface area (Å²) in [4.78, 5) is 23.9. The highest BCUT2D eigenvalue weighted by atomic mass is 32.2. The minimum absolute atomic E-state index is 0.188. The number of pyridine rings is 1. The minimum atomic E-state index is -0.945. The number of ether oxygens (including phenoxy) is 2. The lowest BCUT2D eigenvalue weighted by Crippen LogP contribution is -2.43. The highest BCUT2D eigenvalue weighted by Crippen LogP contribution is 2.42. The molecular formula is C25H29N5O4S. The molecule has 9 nitrogen and oxygen atoms in total. The maximum atomic E-state index is 12.1. The molecule has 1 aromatic carbocycles. The number of aliphatic hydroxyl groups is 1. The topological polar surface area (TPSA) is 116 Å². The number of aromatic nitrogens is 3. The largest absolute Gasteiger partial charge is 0.454 e. The number of likely N-dealkylation sites (tertiary alicyclic amines) is 1. The van der Waals surface area contributed by atoms with Crippen molar-refractivity contribution in [2.24, 2.45) is 5.92 Å². The van der Waals surface area contributed by atoms with Crippen LogP contribution >= 0.6 is 11.8 Å². The molecule has 0 radical (unpaired) electrons. The van der Waals surface area contributed by atoms with Gasteiger partial charge in [0.25, 0.3) is 5.91 Å². The van der Waals surface area contributed by atoms with E-state index in [1.807, 2.05) is 18.2 Å². The number of carbonyl (C=O) groups is 1. The normalized spacial score (nSPS) is 16.6. The van der Waals surface area contributed by atoms with E-state index in [2.05, 4.69) is 16.1 Å². The summed E-state index contributed by atoms with van der Waals surface area (Å²) in [5.41, 5.74) is 8.74. The lowest BCUT2D eigenvalue weighted by atomic mass is 9.93. The number of nitrogen functional groups attached to an aromatic ring is 1. The molecule has 0 bridgehead atoms. The zero-order valence-electron chi connectivity index (χ0n) is 19.6. The van der Waals surface area contributed by atoms with Crippen LogP contribution in [0.4, 0.5) is 5.82 Å². The van der Waals surface area contributed by atoms with Gasteiger partial charge < -0.3 is 29.8 Å². The summed E-state index contributed by atoms with van der Waals surface area (Å²) in [6.45, 7) is 7.81. The van der Waals surface area contributed by atoms with Gasteiger partial charge in [0, 0.05) is 30.7 Å². The molecule has 0 saturated carbocycles. The van der Waals surface area contributed by atoms with Gasteiger partial charge in [-0.1, -0.05) is 24.4 Å². The van der Waals surface area contributed by atoms with Gasteiger partial charge in [-0.15, -0.1) is 0 Å². The van der Waals surface area contributed by atoms with Crippen molar-refractivity contribution in [1.82, 2.24) is 19.4 Å². The van der Waals surface area contributed by atoms with Gasteiger partial charge >= 0.3 is 0 Å². The fourth-order valence-electron chi connectivity index (χ4n) is 4.65. The third kappa shape index (κ3) is 4.68. The molecular weight excluding hydrogens is 466 g/mol. The summed E-state index contributed by atoms with van der Waals surface area (Å²) >= 11 is 1.54. The average molecular weight is 496 g/mol. The van der Waals surface area contributed by atoms with E-state index in [4.69, 9.17) is 20.2 Å². The molecule has 2 aliphatic heterocycles. The molecule has 5 rings (SSSR count). The van der Waals surface area contributed by atoms with Crippen LogP contribution in [0.2, 0.25) is 0 Å². The van der Waals surface area contributed by atoms with E-state index in [0.29, 0.717) is 41.8 Å². The van der Waals surface area contributed by atoms with Crippen molar-refractivity contribution in [3.8, 4) is 11.5 Å². The number of benzene rings is 1. The van der Waals surface area contributed by atoms with Crippen molar-refractivity contribution < 1.29 is 19.4 Å². The molecule has 184 valence electrons. The Balaban J connectivity index is 1.38. The van der Waals surface area contributed by atoms with E-state index >= 15 is 0 Å². The molecule has 1 saturated heterocycles. The smallest absolute Gasteiger partial charge is 0.251 e. The zero-order valence-corrected chi connectivity index (χ0v) is 20.5. The van der Waals surface area contributed by atoms with Gasteiger partial charge in [0.15, 0.2) is 22.5 Å². The van der Waals surface area contributed by atoms with Crippen LogP contribution in [0.25, 0.3) is 17.1 Å². The molecule has 0 unspecified atom stereocenters. The van der Waals surface area contributed by atoms with Crippen LogP contribution in [0.5, 0.6) is 11.5 Å². The standard InChI is InChI=1S/C25H29N5O4S/c1-3-17-12-19-20(34-14-33-19)13-21(17)35-25-28-22-18(4-8-27-23(22)26)30(25)11-7-16-5-9-29(10-6-16)24(32)15(2)31/h3-4,8,12-13,15-16,31H,1,5-7,9-11,14H2,2H3,(H2,26,27)/t15-/m0/s1. The van der Waals surface area contributed by atoms with Crippen molar-refractivity contribution >= 4 is 40.6 Å². The maximum absolute atomic E-state index is 12.1. The molecule has 0 aliphatic carbocycles. The number of fused-ring (bicyclic) bond motifs is 2. The van der Waals surface area contributed by atoms with Crippen molar-refractivity contribution in [3.63, 3.8) is 0 Å². The molecule has 2 aliphatic rings. The number of aryl methyl sites for hydroxylation is 1. The first-order valence-corrected chi connectivity index (χ1v) is 12.6. The number of imidazole rings is 1. The molecule has 1 atom stereocenters. The predicted octanol–water partition coefficient (Wildman–Crippen LogP) is 3.55. The number of hydrogen-bond acceptors (Lipinski definition) is 8. The van der Waals surface area contributed by atoms with Gasteiger partial charge in [0.2, 0.25) is 6.79 Å². The number of carbonyl (C=O) groups excluding carboxylic acids is 1. The Bertz CT molecular complexity index is 1270. The van der Waals surface area contributed by atoms with E-state index in [1.54, 1.807) is 28.9 Å². The summed E-state index contributed by atoms with van der Waals surface area (Å²) < 4.78 is 13.3. The molecule has 3 N–H and O–H groups in total. The Kier molecular flexibility index (Phi) is 6.57. The maximum Gasteiger partial charge on any atom is 0.251 e. The summed E-state index contributed by atoms with van der Waals surface area (Å²) in [6.07, 6.45) is 5.35. The van der Waals surface area contributed by atoms with Crippen molar-refractivity contribution in [1.29, 1.82) is 0 Å². The van der Waals surface area contributed by atoms with Crippen molar-refractivity contribution in [3.05, 3.63) is 36.5 Å². The summed E-state index contributed by atoms with van der Waals surface area (Å²) in [7, 11) is 0. The van der Waals surface area contributed by atoms with Gasteiger partial charge in [0.05, 0.1) is 5.52 Å². The molecule has 2 aromatic heterocycles. The monoisotopic (exact) mass is 495 g/mol. The van der Waals surface area contributed by atoms with Crippen LogP contribution in [0.15, 0.2) is 41.0 Å². The summed E-state index contributed by atoms with van der Waals surface area (Å²) in [6, 6.07) is 5.84. The first kappa shape index (κ1) is 23.5. The lowest BCUT2D eigenvalue weighted by molar-refractivity contribution is -0.140. The molecule has 3 aromatic rings. The quantitative estimate of drug-likeness (QED) is 0.511. The minimum Gasteiger partial charge on any atom is -0.454 e. The van der Waals surface area contributed by atoms with E-state index in [9.17, 15) is 9.90 Å². The summed E-state index contributed by atoms with van der Waals surface area (Å²) in [5.74, 6) is 2.12. The SMILES string of the molecule is C=Cc1cc2c(cc1Sc1nc3c(N)nccc3n1CCC1CCN(C(=O)[C@H](C)O)CC1)OCO2. The second-order valence-electron chi connectivity index (χ2n) is 8.89. The molecule has 0 spiro atoms. The second kappa shape index (κ2) is 9.79. The van der Waals surface area contributed by atoms with Crippen LogP contribution < -0.4 is 15.2 Å². The predicted molar refractivity (Wildman–Crippen MR) is 134 cm³/mol. The first-order chi connectivity index (χ1) is 16.9. The Hall–Kier alpha value is -3.24. The van der Waals surface area contributed by atoms with Crippen LogP contribution in [-0.2, 0) is 11.3 Å². The molecule has 10 heteroatoms. The Morgan fingerprint density at radius 3 is 2.80 bits per heavy atom. The fourth-order valence-corrected chi connectivity index (χ4v) is 5.71. The van der Waals surface area contributed by atoms with Gasteiger partial charge in [-0.25, -0.2) is 9.97 Å². The fraction of sp³-hybridized carbons (Fsp3) is 0.400. The van der Waals surface area contributed by atoms with Crippen LogP contribution in [0.1, 0.15) is 31.7 Å². The first-order valence-electron chi connectivity index (χ1n) is 11.8. The lowest BCUT2D eigenvalue weighted by Gasteiger charge is -2.32. The second-order valence-corrected chi connectivity index (χ2v) is 9.90. The average Bonchev–Trinajstić information content (AvgIpc) is 3.46. The van der Waals surface area contributed by atoms with Gasteiger partial charge in [-0.2, -0.15) is 0 Å². The Morgan fingerprint density at radius 2 is 2.09 bits per heavy atom. The third-order valence-electron chi connectivity index (χ3n) is 6.63. The number of anilines is 1. The number of piperidine rings is 1. The number of rotatable bonds is 7. The Morgan fingerprint density at radius 1 is 1.34 bits per heavy atom. The zero-order chi connectivity index (χ0) is 24.5. The molecule has 4 heterocycles. The van der Waals surface area contributed by atoms with E-state index in [1.165, 1.54) is 6.92 Å². The van der Waals surface area contributed by atoms with Gasteiger partial charge in [-0.05, 0) is 55.9 Å². The third-order valence-corrected chi connectivity index (χ3v) is 7.70. The van der Waals surface area contributed by atoms with Crippen molar-refractivity contribution in [2.75, 3.05) is 25.6 Å². The Labute approximate surface area is 207 Å². The van der Waals surface area contributed by atoms with Crippen molar-refractivity contribution in [2.45, 2.75) is 48.9 Å².